The Labute approximate surface area is 150 Å². The molecule has 1 amide bonds. The Morgan fingerprint density at radius 3 is 2.58 bits per heavy atom. The first-order chi connectivity index (χ1) is 12.3. The van der Waals surface area contributed by atoms with Crippen LogP contribution in [0.5, 0.6) is 0 Å². The van der Waals surface area contributed by atoms with Gasteiger partial charge in [0.15, 0.2) is 0 Å². The molecule has 1 aliphatic heterocycles. The van der Waals surface area contributed by atoms with E-state index >= 15 is 0 Å². The molecule has 1 aromatic heterocycles. The fourth-order valence-electron chi connectivity index (χ4n) is 4.20. The molecule has 3 atom stereocenters. The molecule has 1 aliphatic carbocycles. The van der Waals surface area contributed by atoms with Crippen LogP contribution in [0.15, 0.2) is 21.9 Å². The maximum Gasteiger partial charge on any atom is 0.330 e. The fourth-order valence-corrected chi connectivity index (χ4v) is 4.20. The number of rotatable bonds is 3. The second-order valence-electron chi connectivity index (χ2n) is 7.12. The number of carboxylic acids is 1. The lowest BCUT2D eigenvalue weighted by Crippen LogP contribution is -2.45. The van der Waals surface area contributed by atoms with Crippen molar-refractivity contribution in [2.75, 3.05) is 0 Å². The van der Waals surface area contributed by atoms with Gasteiger partial charge < -0.3 is 14.6 Å². The summed E-state index contributed by atoms with van der Waals surface area (Å²) >= 11 is 0. The van der Waals surface area contributed by atoms with Crippen LogP contribution in [0.25, 0.3) is 6.08 Å². The van der Waals surface area contributed by atoms with E-state index in [0.29, 0.717) is 6.42 Å². The number of carbonyl (C=O) groups is 2. The minimum absolute atomic E-state index is 0.0510. The van der Waals surface area contributed by atoms with Gasteiger partial charge in [0.05, 0.1) is 5.56 Å². The highest BCUT2D eigenvalue weighted by atomic mass is 16.4. The largest absolute Gasteiger partial charge is 0.480 e. The molecule has 1 aromatic rings. The first-order valence-corrected chi connectivity index (χ1v) is 8.81. The van der Waals surface area contributed by atoms with Crippen molar-refractivity contribution in [2.45, 2.75) is 44.2 Å². The summed E-state index contributed by atoms with van der Waals surface area (Å²) in [5, 5.41) is 9.50. The molecule has 2 fully saturated rings. The van der Waals surface area contributed by atoms with E-state index in [9.17, 15) is 24.3 Å². The molecule has 2 heterocycles. The molecule has 26 heavy (non-hydrogen) atoms. The molecule has 0 spiro atoms. The molecule has 3 unspecified atom stereocenters. The Hall–Kier alpha value is -2.64. The molecule has 0 radical (unpaired) electrons. The van der Waals surface area contributed by atoms with Crippen LogP contribution in [0.3, 0.4) is 0 Å². The molecule has 0 bridgehead atoms. The normalized spacial score (nSPS) is 25.5. The summed E-state index contributed by atoms with van der Waals surface area (Å²) < 4.78 is 2.23. The number of fused-ring (bicyclic) bond motifs is 1. The van der Waals surface area contributed by atoms with Crippen molar-refractivity contribution in [1.29, 1.82) is 0 Å². The van der Waals surface area contributed by atoms with Crippen LogP contribution in [0.4, 0.5) is 0 Å². The Morgan fingerprint density at radius 1 is 1.19 bits per heavy atom. The van der Waals surface area contributed by atoms with Crippen LogP contribution >= 0.6 is 0 Å². The lowest BCUT2D eigenvalue weighted by molar-refractivity contribution is -0.147. The van der Waals surface area contributed by atoms with Crippen molar-refractivity contribution in [3.05, 3.63) is 38.7 Å². The van der Waals surface area contributed by atoms with Crippen LogP contribution in [0, 0.1) is 5.92 Å². The summed E-state index contributed by atoms with van der Waals surface area (Å²) in [5.74, 6) is -1.16. The first kappa shape index (κ1) is 18.2. The monoisotopic (exact) mass is 361 g/mol. The molecule has 1 N–H and O–H groups in total. The van der Waals surface area contributed by atoms with Gasteiger partial charge in [-0.25, -0.2) is 9.59 Å². The number of aryl methyl sites for hydroxylation is 1. The van der Waals surface area contributed by atoms with E-state index in [-0.39, 0.29) is 17.5 Å². The van der Waals surface area contributed by atoms with Crippen molar-refractivity contribution in [1.82, 2.24) is 14.0 Å². The van der Waals surface area contributed by atoms with Gasteiger partial charge in [0.2, 0.25) is 5.91 Å². The summed E-state index contributed by atoms with van der Waals surface area (Å²) in [6.07, 6.45) is 8.28. The van der Waals surface area contributed by atoms with Gasteiger partial charge in [0.25, 0.3) is 5.56 Å². The highest BCUT2D eigenvalue weighted by Crippen LogP contribution is 2.39. The topological polar surface area (TPSA) is 102 Å². The van der Waals surface area contributed by atoms with E-state index in [0.717, 1.165) is 30.3 Å². The molecule has 140 valence electrons. The fraction of sp³-hybridized carbons (Fsp3) is 0.556. The summed E-state index contributed by atoms with van der Waals surface area (Å²) in [7, 11) is 2.89. The average Bonchev–Trinajstić information content (AvgIpc) is 3.01. The van der Waals surface area contributed by atoms with Gasteiger partial charge >= 0.3 is 11.7 Å². The van der Waals surface area contributed by atoms with Crippen molar-refractivity contribution in [3.8, 4) is 0 Å². The first-order valence-electron chi connectivity index (χ1n) is 8.81. The van der Waals surface area contributed by atoms with Crippen LogP contribution in [-0.4, -0.2) is 43.1 Å². The molecule has 1 saturated carbocycles. The van der Waals surface area contributed by atoms with Crippen molar-refractivity contribution >= 4 is 18.0 Å². The molecule has 2 aliphatic rings. The minimum atomic E-state index is -0.987. The Bertz CT molecular complexity index is 882. The van der Waals surface area contributed by atoms with Crippen LogP contribution < -0.4 is 11.2 Å². The summed E-state index contributed by atoms with van der Waals surface area (Å²) in [6, 6.07) is -0.867. The molecule has 0 aromatic carbocycles. The van der Waals surface area contributed by atoms with Gasteiger partial charge in [-0.3, -0.25) is 14.2 Å². The lowest BCUT2D eigenvalue weighted by Gasteiger charge is -2.32. The third-order valence-corrected chi connectivity index (χ3v) is 5.51. The Morgan fingerprint density at radius 2 is 1.88 bits per heavy atom. The van der Waals surface area contributed by atoms with Gasteiger partial charge in [-0.1, -0.05) is 12.8 Å². The van der Waals surface area contributed by atoms with E-state index in [4.69, 9.17) is 0 Å². The molecule has 8 nitrogen and oxygen atoms in total. The minimum Gasteiger partial charge on any atom is -0.480 e. The predicted octanol–water partition coefficient (Wildman–Crippen LogP) is 0.342. The maximum atomic E-state index is 12.7. The van der Waals surface area contributed by atoms with Crippen LogP contribution in [0.2, 0.25) is 0 Å². The van der Waals surface area contributed by atoms with E-state index in [2.05, 4.69) is 0 Å². The van der Waals surface area contributed by atoms with Crippen molar-refractivity contribution < 1.29 is 14.7 Å². The number of nitrogens with zero attached hydrogens (tertiary/aromatic N) is 3. The number of carboxylic acid groups (broad SMARTS) is 1. The number of hydrogen-bond donors (Lipinski definition) is 1. The molecule has 3 rings (SSSR count). The smallest absolute Gasteiger partial charge is 0.330 e. The zero-order valence-electron chi connectivity index (χ0n) is 14.9. The van der Waals surface area contributed by atoms with Crippen molar-refractivity contribution in [2.24, 2.45) is 20.0 Å². The highest BCUT2D eigenvalue weighted by molar-refractivity contribution is 5.95. The second-order valence-corrected chi connectivity index (χ2v) is 7.12. The molecule has 8 heteroatoms. The maximum absolute atomic E-state index is 12.7. The van der Waals surface area contributed by atoms with Gasteiger partial charge in [0.1, 0.15) is 6.04 Å². The summed E-state index contributed by atoms with van der Waals surface area (Å²) in [6.45, 7) is 0. The Balaban J connectivity index is 1.89. The van der Waals surface area contributed by atoms with E-state index in [1.54, 1.807) is 0 Å². The van der Waals surface area contributed by atoms with E-state index < -0.39 is 29.2 Å². The number of aromatic nitrogens is 2. The molecular formula is C18H23N3O5. The number of aliphatic carboxylic acids is 1. The number of likely N-dealkylation sites (tertiary alicyclic amines) is 1. The SMILES string of the molecule is Cn1cc(C=CC(=O)N2C(C(=O)O)CC3CCCCC32)c(=O)n(C)c1=O. The summed E-state index contributed by atoms with van der Waals surface area (Å²) in [4.78, 5) is 49.7. The standard InChI is InChI=1S/C18H23N3O5/c1-19-10-12(16(23)20(2)18(19)26)7-8-15(22)21-13-6-4-3-5-11(13)9-14(21)17(24)25/h7-8,10-11,13-14H,3-6,9H2,1-2H3,(H,24,25). The van der Waals surface area contributed by atoms with Gasteiger partial charge in [-0.15, -0.1) is 0 Å². The van der Waals surface area contributed by atoms with Gasteiger partial charge in [-0.05, 0) is 31.3 Å². The third kappa shape index (κ3) is 3.11. The zero-order valence-corrected chi connectivity index (χ0v) is 14.9. The Kier molecular flexibility index (Phi) is 4.84. The molecular weight excluding hydrogens is 338 g/mol. The number of carbonyl (C=O) groups excluding carboxylic acids is 1. The highest BCUT2D eigenvalue weighted by Gasteiger charge is 2.46. The van der Waals surface area contributed by atoms with Crippen molar-refractivity contribution in [3.63, 3.8) is 0 Å². The molecule has 1 saturated heterocycles. The number of amides is 1. The zero-order chi connectivity index (χ0) is 19.0. The van der Waals surface area contributed by atoms with Crippen LogP contribution in [-0.2, 0) is 23.7 Å². The average molecular weight is 361 g/mol. The number of hydrogen-bond acceptors (Lipinski definition) is 4. The predicted molar refractivity (Wildman–Crippen MR) is 94.6 cm³/mol. The van der Waals surface area contributed by atoms with Crippen LogP contribution in [0.1, 0.15) is 37.7 Å². The van der Waals surface area contributed by atoms with Gasteiger partial charge in [0, 0.05) is 32.4 Å². The van der Waals surface area contributed by atoms with E-state index in [1.165, 1.54) is 41.9 Å². The lowest BCUT2D eigenvalue weighted by atomic mass is 9.85. The second kappa shape index (κ2) is 6.93. The third-order valence-electron chi connectivity index (χ3n) is 5.51. The van der Waals surface area contributed by atoms with Gasteiger partial charge in [-0.2, -0.15) is 0 Å². The quantitative estimate of drug-likeness (QED) is 0.783. The summed E-state index contributed by atoms with van der Waals surface area (Å²) in [5.41, 5.74) is -0.743. The van der Waals surface area contributed by atoms with E-state index in [1.807, 2.05) is 0 Å².